The van der Waals surface area contributed by atoms with Crippen LogP contribution in [-0.4, -0.2) is 24.4 Å². The Kier molecular flexibility index (Phi) is 4.73. The molecule has 1 unspecified atom stereocenters. The standard InChI is InChI=1S/C10H14ClNO2/c11-8-2-1-3-10(6-8)14-7-9(13)4-5-12/h1-3,6,9,13H,4-5,7,12H2. The number of nitrogens with two attached hydrogens (primary N) is 1. The van der Waals surface area contributed by atoms with Crippen molar-refractivity contribution in [3.8, 4) is 5.75 Å². The molecule has 0 amide bonds. The first-order chi connectivity index (χ1) is 6.72. The number of hydrogen-bond donors (Lipinski definition) is 2. The predicted octanol–water partition coefficient (Wildman–Crippen LogP) is 1.43. The molecular weight excluding hydrogens is 202 g/mol. The monoisotopic (exact) mass is 215 g/mol. The quantitative estimate of drug-likeness (QED) is 0.782. The highest BCUT2D eigenvalue weighted by molar-refractivity contribution is 6.30. The first-order valence-corrected chi connectivity index (χ1v) is 4.86. The summed E-state index contributed by atoms with van der Waals surface area (Å²) in [4.78, 5) is 0. The van der Waals surface area contributed by atoms with Crippen molar-refractivity contribution in [2.45, 2.75) is 12.5 Å². The van der Waals surface area contributed by atoms with Crippen LogP contribution in [-0.2, 0) is 0 Å². The first-order valence-electron chi connectivity index (χ1n) is 4.49. The van der Waals surface area contributed by atoms with E-state index in [1.807, 2.05) is 0 Å². The molecule has 0 aliphatic rings. The maximum absolute atomic E-state index is 9.34. The number of rotatable bonds is 5. The highest BCUT2D eigenvalue weighted by atomic mass is 35.5. The second-order valence-electron chi connectivity index (χ2n) is 3.00. The van der Waals surface area contributed by atoms with Crippen molar-refractivity contribution in [2.24, 2.45) is 5.73 Å². The number of ether oxygens (including phenoxy) is 1. The lowest BCUT2D eigenvalue weighted by Gasteiger charge is -2.11. The second-order valence-corrected chi connectivity index (χ2v) is 3.44. The highest BCUT2D eigenvalue weighted by Crippen LogP contribution is 2.17. The molecule has 0 saturated carbocycles. The molecule has 3 nitrogen and oxygen atoms in total. The maximum atomic E-state index is 9.34. The third kappa shape index (κ3) is 3.96. The smallest absolute Gasteiger partial charge is 0.120 e. The molecule has 0 spiro atoms. The fourth-order valence-electron chi connectivity index (χ4n) is 1.02. The van der Waals surface area contributed by atoms with Gasteiger partial charge in [0.05, 0.1) is 6.10 Å². The van der Waals surface area contributed by atoms with Gasteiger partial charge in [-0.05, 0) is 31.2 Å². The summed E-state index contributed by atoms with van der Waals surface area (Å²) < 4.78 is 5.31. The summed E-state index contributed by atoms with van der Waals surface area (Å²) in [6.45, 7) is 0.706. The number of benzene rings is 1. The average molecular weight is 216 g/mol. The Morgan fingerprint density at radius 3 is 2.93 bits per heavy atom. The van der Waals surface area contributed by atoms with Gasteiger partial charge in [-0.2, -0.15) is 0 Å². The van der Waals surface area contributed by atoms with Gasteiger partial charge in [0.2, 0.25) is 0 Å². The Hall–Kier alpha value is -0.770. The van der Waals surface area contributed by atoms with Crippen molar-refractivity contribution in [3.63, 3.8) is 0 Å². The summed E-state index contributed by atoms with van der Waals surface area (Å²) in [5.41, 5.74) is 5.29. The summed E-state index contributed by atoms with van der Waals surface area (Å²) in [6.07, 6.45) is 0.0274. The third-order valence-electron chi connectivity index (χ3n) is 1.74. The van der Waals surface area contributed by atoms with Crippen molar-refractivity contribution in [1.82, 2.24) is 0 Å². The van der Waals surface area contributed by atoms with Crippen LogP contribution >= 0.6 is 11.6 Å². The number of hydrogen-bond acceptors (Lipinski definition) is 3. The normalized spacial score (nSPS) is 12.5. The Morgan fingerprint density at radius 1 is 1.50 bits per heavy atom. The minimum absolute atomic E-state index is 0.248. The lowest BCUT2D eigenvalue weighted by Crippen LogP contribution is -2.21. The SMILES string of the molecule is NCCC(O)COc1cccc(Cl)c1. The molecule has 0 saturated heterocycles. The van der Waals surface area contributed by atoms with Crippen LogP contribution in [0.25, 0.3) is 0 Å². The van der Waals surface area contributed by atoms with E-state index in [0.717, 1.165) is 0 Å². The Labute approximate surface area is 88.4 Å². The van der Waals surface area contributed by atoms with E-state index in [0.29, 0.717) is 23.7 Å². The van der Waals surface area contributed by atoms with Gasteiger partial charge in [0.1, 0.15) is 12.4 Å². The maximum Gasteiger partial charge on any atom is 0.120 e. The van der Waals surface area contributed by atoms with Gasteiger partial charge < -0.3 is 15.6 Å². The summed E-state index contributed by atoms with van der Waals surface area (Å²) >= 11 is 5.76. The molecule has 0 radical (unpaired) electrons. The van der Waals surface area contributed by atoms with Crippen LogP contribution in [0.3, 0.4) is 0 Å². The molecule has 0 heterocycles. The molecule has 0 aliphatic heterocycles. The number of aliphatic hydroxyl groups is 1. The molecule has 3 N–H and O–H groups in total. The van der Waals surface area contributed by atoms with Gasteiger partial charge in [-0.1, -0.05) is 17.7 Å². The largest absolute Gasteiger partial charge is 0.491 e. The van der Waals surface area contributed by atoms with Gasteiger partial charge in [0, 0.05) is 5.02 Å². The molecular formula is C10H14ClNO2. The van der Waals surface area contributed by atoms with Crippen molar-refractivity contribution in [3.05, 3.63) is 29.3 Å². The molecule has 0 aromatic heterocycles. The highest BCUT2D eigenvalue weighted by Gasteiger charge is 2.03. The lowest BCUT2D eigenvalue weighted by molar-refractivity contribution is 0.102. The third-order valence-corrected chi connectivity index (χ3v) is 1.97. The Bertz CT molecular complexity index is 281. The summed E-state index contributed by atoms with van der Waals surface area (Å²) in [5.74, 6) is 0.661. The molecule has 1 atom stereocenters. The van der Waals surface area contributed by atoms with Gasteiger partial charge in [0.25, 0.3) is 0 Å². The number of halogens is 1. The molecule has 78 valence electrons. The molecule has 14 heavy (non-hydrogen) atoms. The molecule has 0 bridgehead atoms. The predicted molar refractivity (Wildman–Crippen MR) is 56.6 cm³/mol. The molecule has 4 heteroatoms. The Balaban J connectivity index is 2.37. The van der Waals surface area contributed by atoms with E-state index in [-0.39, 0.29) is 6.61 Å². The van der Waals surface area contributed by atoms with Gasteiger partial charge in [0.15, 0.2) is 0 Å². The van der Waals surface area contributed by atoms with Crippen LogP contribution in [0.1, 0.15) is 6.42 Å². The van der Waals surface area contributed by atoms with E-state index in [1.165, 1.54) is 0 Å². The number of aliphatic hydroxyl groups excluding tert-OH is 1. The minimum atomic E-state index is -0.515. The minimum Gasteiger partial charge on any atom is -0.491 e. The summed E-state index contributed by atoms with van der Waals surface area (Å²) in [6, 6.07) is 7.06. The van der Waals surface area contributed by atoms with Gasteiger partial charge >= 0.3 is 0 Å². The van der Waals surface area contributed by atoms with E-state index >= 15 is 0 Å². The average Bonchev–Trinajstić information content (AvgIpc) is 2.15. The molecule has 1 aromatic rings. The lowest BCUT2D eigenvalue weighted by atomic mass is 10.3. The first kappa shape index (κ1) is 11.3. The van der Waals surface area contributed by atoms with E-state index in [2.05, 4.69) is 0 Å². The van der Waals surface area contributed by atoms with Crippen LogP contribution in [0.5, 0.6) is 5.75 Å². The summed E-state index contributed by atoms with van der Waals surface area (Å²) in [7, 11) is 0. The second kappa shape index (κ2) is 5.86. The zero-order valence-electron chi connectivity index (χ0n) is 7.82. The van der Waals surface area contributed by atoms with E-state index in [1.54, 1.807) is 24.3 Å². The zero-order chi connectivity index (χ0) is 10.4. The topological polar surface area (TPSA) is 55.5 Å². The molecule has 0 aliphatic carbocycles. The van der Waals surface area contributed by atoms with Crippen molar-refractivity contribution in [2.75, 3.05) is 13.2 Å². The van der Waals surface area contributed by atoms with E-state index < -0.39 is 6.10 Å². The van der Waals surface area contributed by atoms with Crippen molar-refractivity contribution < 1.29 is 9.84 Å². The van der Waals surface area contributed by atoms with Crippen LogP contribution in [0, 0.1) is 0 Å². The van der Waals surface area contributed by atoms with Gasteiger partial charge in [-0.3, -0.25) is 0 Å². The molecule has 1 rings (SSSR count). The van der Waals surface area contributed by atoms with Crippen LogP contribution in [0.15, 0.2) is 24.3 Å². The van der Waals surface area contributed by atoms with Crippen LogP contribution < -0.4 is 10.5 Å². The fraction of sp³-hybridized carbons (Fsp3) is 0.400. The van der Waals surface area contributed by atoms with Crippen molar-refractivity contribution in [1.29, 1.82) is 0 Å². The van der Waals surface area contributed by atoms with Crippen LogP contribution in [0.4, 0.5) is 0 Å². The summed E-state index contributed by atoms with van der Waals surface area (Å²) in [5, 5.41) is 9.96. The molecule has 1 aromatic carbocycles. The van der Waals surface area contributed by atoms with Crippen LogP contribution in [0.2, 0.25) is 5.02 Å². The van der Waals surface area contributed by atoms with Crippen molar-refractivity contribution >= 4 is 11.6 Å². The van der Waals surface area contributed by atoms with E-state index in [9.17, 15) is 5.11 Å². The zero-order valence-corrected chi connectivity index (χ0v) is 8.57. The van der Waals surface area contributed by atoms with E-state index in [4.69, 9.17) is 22.1 Å². The fourth-order valence-corrected chi connectivity index (χ4v) is 1.21. The van der Waals surface area contributed by atoms with Gasteiger partial charge in [-0.15, -0.1) is 0 Å². The molecule has 0 fully saturated rings. The Morgan fingerprint density at radius 2 is 2.29 bits per heavy atom. The van der Waals surface area contributed by atoms with Gasteiger partial charge in [-0.25, -0.2) is 0 Å².